The van der Waals surface area contributed by atoms with Gasteiger partial charge in [-0.3, -0.25) is 0 Å². The molecule has 0 spiro atoms. The minimum Gasteiger partial charge on any atom is -0.682 e. The Hall–Kier alpha value is 1.42. The maximum absolute atomic E-state index is 6.72. The van der Waals surface area contributed by atoms with Gasteiger partial charge >= 0.3 is 21.7 Å². The van der Waals surface area contributed by atoms with E-state index in [9.17, 15) is 0 Å². The normalized spacial score (nSPS) is 8.47. The van der Waals surface area contributed by atoms with E-state index in [1.54, 1.807) is 0 Å². The summed E-state index contributed by atoms with van der Waals surface area (Å²) in [5.74, 6) is 0. The molecule has 104 valence electrons. The van der Waals surface area contributed by atoms with Crippen molar-refractivity contribution in [1.29, 1.82) is 0 Å². The molecule has 0 saturated carbocycles. The van der Waals surface area contributed by atoms with Crippen LogP contribution in [0, 0.1) is 0 Å². The summed E-state index contributed by atoms with van der Waals surface area (Å²) in [6.45, 7) is 15.8. The third-order valence-electron chi connectivity index (χ3n) is 0. The first-order valence-electron chi connectivity index (χ1n) is 5.77. The molecule has 0 aliphatic rings. The van der Waals surface area contributed by atoms with E-state index in [0.717, 1.165) is 0 Å². The van der Waals surface area contributed by atoms with Crippen molar-refractivity contribution in [3.8, 4) is 0 Å². The molecular weight excluding hydrogens is 312 g/mol. The van der Waals surface area contributed by atoms with E-state index < -0.39 is 35.8 Å². The third kappa shape index (κ3) is 2050. The van der Waals surface area contributed by atoms with Crippen LogP contribution < -0.4 is 0 Å². The molecule has 0 rings (SSSR count). The van der Waals surface area contributed by atoms with Crippen LogP contribution in [0.1, 0.15) is 0 Å². The van der Waals surface area contributed by atoms with Crippen molar-refractivity contribution in [2.45, 2.75) is 52.4 Å². The summed E-state index contributed by atoms with van der Waals surface area (Å²) in [7, 11) is -3.56. The summed E-state index contributed by atoms with van der Waals surface area (Å²) < 4.78 is 0. The van der Waals surface area contributed by atoms with Gasteiger partial charge in [-0.25, -0.2) is 0 Å². The largest absolute Gasteiger partial charge is 4.00 e. The quantitative estimate of drug-likeness (QED) is 0.592. The Kier molecular flexibility index (Phi) is 47.6. The second-order valence-corrected chi connectivity index (χ2v) is 13.9. The predicted octanol–water partition coefficient (Wildman–Crippen LogP) is 4.09. The Balaban J connectivity index is -0.0000000369. The molecule has 0 fully saturated rings. The summed E-state index contributed by atoms with van der Waals surface area (Å²) in [6, 6.07) is 0. The zero-order chi connectivity index (χ0) is 14.3. The van der Waals surface area contributed by atoms with Crippen molar-refractivity contribution in [3.63, 3.8) is 0 Å². The number of nitrogens with one attached hydrogen (secondary N) is 4. The standard InChI is InChI=1S/4C2H8NSi.Ti/c4*1-4(2)3;/h4*3-4H,1-2H3;/q4*-1;+4. The Labute approximate surface area is 131 Å². The molecule has 0 saturated heterocycles. The molecule has 4 nitrogen and oxygen atoms in total. The van der Waals surface area contributed by atoms with Gasteiger partial charge in [0.2, 0.25) is 0 Å². The Morgan fingerprint density at radius 1 is 0.412 bits per heavy atom. The van der Waals surface area contributed by atoms with Gasteiger partial charge in [-0.1, -0.05) is 88.2 Å². The molecule has 0 aliphatic heterocycles. The van der Waals surface area contributed by atoms with Gasteiger partial charge in [0.15, 0.2) is 0 Å². The van der Waals surface area contributed by atoms with Crippen LogP contribution in [0.3, 0.4) is 0 Å². The van der Waals surface area contributed by atoms with Crippen molar-refractivity contribution in [2.75, 3.05) is 0 Å². The molecular formula is C8H32N4Si4Ti. The minimum absolute atomic E-state index is 0. The van der Waals surface area contributed by atoms with E-state index >= 15 is 0 Å². The second-order valence-electron chi connectivity index (χ2n) is 4.62. The number of hydrogen-bond donors (Lipinski definition) is 0. The maximum atomic E-state index is 6.72. The molecule has 0 aromatic rings. The Morgan fingerprint density at radius 2 is 0.412 bits per heavy atom. The van der Waals surface area contributed by atoms with Crippen LogP contribution in [-0.2, 0) is 21.7 Å². The van der Waals surface area contributed by atoms with Gasteiger partial charge in [-0.2, -0.15) is 0 Å². The van der Waals surface area contributed by atoms with Gasteiger partial charge in [0.1, 0.15) is 0 Å². The van der Waals surface area contributed by atoms with E-state index in [1.807, 2.05) is 52.4 Å². The van der Waals surface area contributed by atoms with Crippen molar-refractivity contribution >= 4 is 35.8 Å². The minimum atomic E-state index is -0.889. The molecule has 0 unspecified atom stereocenters. The van der Waals surface area contributed by atoms with Gasteiger partial charge in [-0.05, 0) is 0 Å². The second kappa shape index (κ2) is 26.1. The van der Waals surface area contributed by atoms with Crippen LogP contribution in [0.15, 0.2) is 0 Å². The summed E-state index contributed by atoms with van der Waals surface area (Å²) in [5, 5.41) is 26.9. The van der Waals surface area contributed by atoms with Crippen LogP contribution in [0.4, 0.5) is 0 Å². The molecule has 0 aromatic carbocycles. The predicted molar refractivity (Wildman–Crippen MR) is 92.8 cm³/mol. The average molecular weight is 345 g/mol. The summed E-state index contributed by atoms with van der Waals surface area (Å²) in [6.07, 6.45) is 0. The summed E-state index contributed by atoms with van der Waals surface area (Å²) >= 11 is 0. The van der Waals surface area contributed by atoms with Gasteiger partial charge < -0.3 is 21.6 Å². The van der Waals surface area contributed by atoms with E-state index in [2.05, 4.69) is 0 Å². The van der Waals surface area contributed by atoms with Crippen LogP contribution in [-0.4, -0.2) is 35.8 Å². The Morgan fingerprint density at radius 3 is 0.412 bits per heavy atom. The van der Waals surface area contributed by atoms with Gasteiger partial charge in [0.25, 0.3) is 0 Å². The van der Waals surface area contributed by atoms with Crippen LogP contribution in [0.2, 0.25) is 52.4 Å². The van der Waals surface area contributed by atoms with E-state index in [0.29, 0.717) is 0 Å². The fourth-order valence-electron chi connectivity index (χ4n) is 0. The van der Waals surface area contributed by atoms with Crippen molar-refractivity contribution < 1.29 is 21.7 Å². The van der Waals surface area contributed by atoms with Gasteiger partial charge in [0, 0.05) is 0 Å². The zero-order valence-corrected chi connectivity index (χ0v) is 19.0. The number of hydrogen-bond acceptors (Lipinski definition) is 0. The molecule has 9 heteroatoms. The van der Waals surface area contributed by atoms with Crippen LogP contribution >= 0.6 is 0 Å². The molecule has 17 heavy (non-hydrogen) atoms. The summed E-state index contributed by atoms with van der Waals surface area (Å²) in [4.78, 5) is 0. The molecule has 0 aliphatic carbocycles. The molecule has 4 N–H and O–H groups in total. The fourth-order valence-corrected chi connectivity index (χ4v) is 0. The van der Waals surface area contributed by atoms with E-state index in [-0.39, 0.29) is 21.7 Å². The molecule has 0 radical (unpaired) electrons. The van der Waals surface area contributed by atoms with Crippen molar-refractivity contribution in [1.82, 2.24) is 0 Å². The molecule has 0 aromatic heterocycles. The molecule has 0 amide bonds. The van der Waals surface area contributed by atoms with Crippen LogP contribution in [0.5, 0.6) is 0 Å². The molecule has 0 heterocycles. The molecule has 0 atom stereocenters. The van der Waals surface area contributed by atoms with Crippen LogP contribution in [0.25, 0.3) is 21.6 Å². The first kappa shape index (κ1) is 31.0. The number of rotatable bonds is 0. The Bertz CT molecular complexity index is 72.5. The van der Waals surface area contributed by atoms with Crippen molar-refractivity contribution in [2.24, 2.45) is 0 Å². The first-order valence-corrected chi connectivity index (χ1v) is 17.3. The van der Waals surface area contributed by atoms with Crippen molar-refractivity contribution in [3.05, 3.63) is 21.6 Å². The fraction of sp³-hybridized carbons (Fsp3) is 1.00. The summed E-state index contributed by atoms with van der Waals surface area (Å²) in [5.41, 5.74) is 0. The molecule has 0 bridgehead atoms. The third-order valence-corrected chi connectivity index (χ3v) is 0. The first-order chi connectivity index (χ1) is 6.93. The van der Waals surface area contributed by atoms with E-state index in [1.165, 1.54) is 0 Å². The zero-order valence-electron chi connectivity index (χ0n) is 12.8. The van der Waals surface area contributed by atoms with E-state index in [4.69, 9.17) is 21.6 Å². The maximum Gasteiger partial charge on any atom is 4.00 e. The topological polar surface area (TPSA) is 95.2 Å². The average Bonchev–Trinajstić information content (AvgIpc) is 1.76. The SMILES string of the molecule is C[SiH](C)[NH-].C[SiH](C)[NH-].C[SiH](C)[NH-].C[SiH](C)[NH-].[Ti+4]. The van der Waals surface area contributed by atoms with Gasteiger partial charge in [0.05, 0.1) is 0 Å². The smallest absolute Gasteiger partial charge is 0.682 e. The monoisotopic (exact) mass is 344 g/mol. The van der Waals surface area contributed by atoms with Gasteiger partial charge in [-0.15, -0.1) is 0 Å².